The zero-order valence-electron chi connectivity index (χ0n) is 12.1. The smallest absolute Gasteiger partial charge is 0.269 e. The van der Waals surface area contributed by atoms with Gasteiger partial charge in [0.2, 0.25) is 0 Å². The van der Waals surface area contributed by atoms with Crippen molar-refractivity contribution >= 4 is 21.7 Å². The number of phenolic OH excluding ortho intramolecular Hbond substituents is 1. The van der Waals surface area contributed by atoms with Crippen LogP contribution in [0, 0.1) is 0 Å². The predicted octanol–water partition coefficient (Wildman–Crippen LogP) is 1.22. The summed E-state index contributed by atoms with van der Waals surface area (Å²) in [7, 11) is -4.05. The molecule has 120 valence electrons. The second-order valence-corrected chi connectivity index (χ2v) is 6.34. The number of phenols is 1. The van der Waals surface area contributed by atoms with Crippen molar-refractivity contribution in [2.75, 3.05) is 0 Å². The quantitative estimate of drug-likeness (QED) is 0.562. The summed E-state index contributed by atoms with van der Waals surface area (Å²) in [6.45, 7) is 1.32. The van der Waals surface area contributed by atoms with E-state index in [1.165, 1.54) is 55.5 Å². The molecule has 0 fully saturated rings. The molecule has 0 atom stereocenters. The first kappa shape index (κ1) is 16.7. The van der Waals surface area contributed by atoms with Crippen LogP contribution in [0.5, 0.6) is 5.75 Å². The number of rotatable bonds is 5. The van der Waals surface area contributed by atoms with Gasteiger partial charge in [0.1, 0.15) is 5.75 Å². The maximum Gasteiger partial charge on any atom is 0.269 e. The van der Waals surface area contributed by atoms with E-state index in [0.717, 1.165) is 0 Å². The van der Waals surface area contributed by atoms with Crippen LogP contribution in [-0.2, 0) is 10.0 Å². The number of Topliss-reactive ketones (excluding diaryl/α,β-unsaturated/α-hetero) is 1. The van der Waals surface area contributed by atoms with Crippen molar-refractivity contribution in [1.82, 2.24) is 10.3 Å². The van der Waals surface area contributed by atoms with Crippen LogP contribution in [0.2, 0.25) is 0 Å². The van der Waals surface area contributed by atoms with E-state index in [4.69, 9.17) is 0 Å². The number of nitrogens with one attached hydrogen (secondary N) is 2. The summed E-state index contributed by atoms with van der Waals surface area (Å²) in [5.74, 6) is -1.36. The highest BCUT2D eigenvalue weighted by molar-refractivity contribution is 7.89. The van der Waals surface area contributed by atoms with E-state index in [-0.39, 0.29) is 27.6 Å². The molecule has 7 nitrogen and oxygen atoms in total. The van der Waals surface area contributed by atoms with Crippen molar-refractivity contribution in [2.24, 2.45) is 0 Å². The van der Waals surface area contributed by atoms with Gasteiger partial charge in [-0.15, -0.1) is 4.83 Å². The average molecular weight is 334 g/mol. The molecule has 3 N–H and O–H groups in total. The van der Waals surface area contributed by atoms with Gasteiger partial charge in [0.15, 0.2) is 5.78 Å². The third-order valence-corrected chi connectivity index (χ3v) is 4.24. The fraction of sp³-hybridized carbons (Fsp3) is 0.0667. The summed E-state index contributed by atoms with van der Waals surface area (Å²) in [5.41, 5.74) is 2.17. The molecule has 0 bridgehead atoms. The zero-order chi connectivity index (χ0) is 17.0. The highest BCUT2D eigenvalue weighted by Crippen LogP contribution is 2.15. The Labute approximate surface area is 133 Å². The molecule has 0 saturated heterocycles. The van der Waals surface area contributed by atoms with E-state index < -0.39 is 15.9 Å². The molecule has 2 aromatic rings. The molecule has 0 heterocycles. The van der Waals surface area contributed by atoms with Gasteiger partial charge in [-0.2, -0.15) is 0 Å². The molecule has 23 heavy (non-hydrogen) atoms. The molecule has 0 aromatic heterocycles. The summed E-state index contributed by atoms with van der Waals surface area (Å²) in [6, 6.07) is 11.1. The van der Waals surface area contributed by atoms with Crippen molar-refractivity contribution in [3.8, 4) is 5.75 Å². The predicted molar refractivity (Wildman–Crippen MR) is 82.3 cm³/mol. The largest absolute Gasteiger partial charge is 0.507 e. The van der Waals surface area contributed by atoms with E-state index in [2.05, 4.69) is 0 Å². The summed E-state index contributed by atoms with van der Waals surface area (Å²) in [6.07, 6.45) is 0. The minimum absolute atomic E-state index is 0.0762. The minimum Gasteiger partial charge on any atom is -0.507 e. The Bertz CT molecular complexity index is 862. The van der Waals surface area contributed by atoms with Crippen LogP contribution in [0.3, 0.4) is 0 Å². The number of hydrazine groups is 1. The Kier molecular flexibility index (Phi) is 4.77. The summed E-state index contributed by atoms with van der Waals surface area (Å²) < 4.78 is 24.3. The van der Waals surface area contributed by atoms with Gasteiger partial charge in [0.05, 0.1) is 10.5 Å². The first-order chi connectivity index (χ1) is 10.8. The topological polar surface area (TPSA) is 113 Å². The summed E-state index contributed by atoms with van der Waals surface area (Å²) >= 11 is 0. The summed E-state index contributed by atoms with van der Waals surface area (Å²) in [4.78, 5) is 24.9. The normalized spacial score (nSPS) is 11.0. The molecule has 1 amide bonds. The van der Waals surface area contributed by atoms with Gasteiger partial charge in [0, 0.05) is 5.56 Å². The maximum absolute atomic E-state index is 12.1. The number of hydrogen-bond donors (Lipinski definition) is 3. The molecule has 8 heteroatoms. The maximum atomic E-state index is 12.1. The molecule has 2 rings (SSSR count). The molecule has 0 unspecified atom stereocenters. The lowest BCUT2D eigenvalue weighted by Gasteiger charge is -2.09. The number of amides is 1. The zero-order valence-corrected chi connectivity index (χ0v) is 12.9. The highest BCUT2D eigenvalue weighted by Gasteiger charge is 2.18. The van der Waals surface area contributed by atoms with Crippen LogP contribution in [0.4, 0.5) is 0 Å². The molecular weight excluding hydrogens is 320 g/mol. The van der Waals surface area contributed by atoms with Crippen LogP contribution >= 0.6 is 0 Å². The summed E-state index contributed by atoms with van der Waals surface area (Å²) in [5, 5.41) is 9.55. The Hall–Kier alpha value is -2.71. The molecule has 0 aliphatic rings. The van der Waals surface area contributed by atoms with E-state index >= 15 is 0 Å². The van der Waals surface area contributed by atoms with Crippen LogP contribution in [0.1, 0.15) is 27.6 Å². The average Bonchev–Trinajstić information content (AvgIpc) is 2.53. The number of carbonyl (C=O) groups is 2. The molecule has 0 aliphatic carbocycles. The first-order valence-corrected chi connectivity index (χ1v) is 8.01. The second-order valence-electron chi connectivity index (χ2n) is 4.66. The van der Waals surface area contributed by atoms with Gasteiger partial charge in [-0.25, -0.2) is 8.42 Å². The van der Waals surface area contributed by atoms with Gasteiger partial charge in [-0.3, -0.25) is 15.0 Å². The van der Waals surface area contributed by atoms with Gasteiger partial charge in [0.25, 0.3) is 15.9 Å². The van der Waals surface area contributed by atoms with Crippen LogP contribution < -0.4 is 10.3 Å². The van der Waals surface area contributed by atoms with Gasteiger partial charge < -0.3 is 5.11 Å². The molecule has 0 saturated carbocycles. The van der Waals surface area contributed by atoms with E-state index in [0.29, 0.717) is 0 Å². The Morgan fingerprint density at radius 2 is 1.74 bits per heavy atom. The third-order valence-electron chi connectivity index (χ3n) is 3.00. The third kappa shape index (κ3) is 3.93. The van der Waals surface area contributed by atoms with Crippen LogP contribution in [0.25, 0.3) is 0 Å². The first-order valence-electron chi connectivity index (χ1n) is 6.52. The van der Waals surface area contributed by atoms with E-state index in [1.54, 1.807) is 0 Å². The van der Waals surface area contributed by atoms with Crippen molar-refractivity contribution in [1.29, 1.82) is 0 Å². The Morgan fingerprint density at radius 3 is 2.39 bits per heavy atom. The van der Waals surface area contributed by atoms with Crippen molar-refractivity contribution in [3.05, 3.63) is 59.7 Å². The second kappa shape index (κ2) is 6.59. The lowest BCUT2D eigenvalue weighted by Crippen LogP contribution is -2.41. The molecule has 2 aromatic carbocycles. The van der Waals surface area contributed by atoms with Crippen molar-refractivity contribution < 1.29 is 23.1 Å². The van der Waals surface area contributed by atoms with E-state index in [1.807, 2.05) is 10.3 Å². The molecule has 0 radical (unpaired) electrons. The highest BCUT2D eigenvalue weighted by atomic mass is 32.2. The lowest BCUT2D eigenvalue weighted by molar-refractivity contribution is 0.0941. The number of hydrogen-bond acceptors (Lipinski definition) is 5. The van der Waals surface area contributed by atoms with Gasteiger partial charge in [-0.05, 0) is 31.2 Å². The van der Waals surface area contributed by atoms with Gasteiger partial charge >= 0.3 is 0 Å². The van der Waals surface area contributed by atoms with Crippen molar-refractivity contribution in [2.45, 2.75) is 11.8 Å². The number of carbonyl (C=O) groups excluding carboxylic acids is 2. The SMILES string of the molecule is CC(=O)c1cccc(S(=O)(=O)NNC(=O)c2ccccc2O)c1. The molecule has 0 spiro atoms. The number of benzene rings is 2. The number of para-hydroxylation sites is 1. The molecular formula is C15H14N2O5S. The number of sulfonamides is 1. The number of aromatic hydroxyl groups is 1. The number of ketones is 1. The van der Waals surface area contributed by atoms with E-state index in [9.17, 15) is 23.1 Å². The van der Waals surface area contributed by atoms with Gasteiger partial charge in [-0.1, -0.05) is 24.3 Å². The Balaban J connectivity index is 2.16. The van der Waals surface area contributed by atoms with Crippen LogP contribution in [-0.4, -0.2) is 25.2 Å². The molecule has 0 aliphatic heterocycles. The van der Waals surface area contributed by atoms with Crippen molar-refractivity contribution in [3.63, 3.8) is 0 Å². The van der Waals surface area contributed by atoms with Crippen LogP contribution in [0.15, 0.2) is 53.4 Å². The standard InChI is InChI=1S/C15H14N2O5S/c1-10(18)11-5-4-6-12(9-11)23(21,22)17-16-15(20)13-7-2-3-8-14(13)19/h2-9,17,19H,1H3,(H,16,20). The fourth-order valence-corrected chi connectivity index (χ4v) is 2.67. The minimum atomic E-state index is -4.05. The fourth-order valence-electron chi connectivity index (χ4n) is 1.79. The monoisotopic (exact) mass is 334 g/mol. The Morgan fingerprint density at radius 1 is 1.04 bits per heavy atom. The lowest BCUT2D eigenvalue weighted by atomic mass is 10.2.